The Balaban J connectivity index is 1.12. The van der Waals surface area contributed by atoms with Crippen molar-refractivity contribution >= 4 is 23.4 Å². The third-order valence-electron chi connectivity index (χ3n) is 8.03. The monoisotopic (exact) mass is 516 g/mol. The Morgan fingerprint density at radius 3 is 2.86 bits per heavy atom. The van der Waals surface area contributed by atoms with Gasteiger partial charge >= 0.3 is 0 Å². The van der Waals surface area contributed by atoms with Crippen LogP contribution in [0.1, 0.15) is 48.1 Å². The maximum absolute atomic E-state index is 12.9. The SMILES string of the molecule is O=c1cc(OCc2ccc(Cl)cn2)ccn1C1=Cc2ccc(CN3CCCC4(CCNC4)C3)cc2CC1. The second kappa shape index (κ2) is 10.4. The molecule has 2 saturated heterocycles. The van der Waals surface area contributed by atoms with Gasteiger partial charge in [-0.05, 0) is 91.6 Å². The molecule has 2 fully saturated rings. The number of likely N-dealkylation sites (tertiary alicyclic amines) is 1. The molecule has 1 unspecified atom stereocenters. The molecule has 192 valence electrons. The van der Waals surface area contributed by atoms with Crippen molar-refractivity contribution in [2.45, 2.75) is 45.3 Å². The lowest BCUT2D eigenvalue weighted by Gasteiger charge is -2.40. The van der Waals surface area contributed by atoms with Gasteiger partial charge in [-0.2, -0.15) is 0 Å². The molecule has 3 aliphatic rings. The zero-order chi connectivity index (χ0) is 25.2. The Bertz CT molecular complexity index is 1360. The van der Waals surface area contributed by atoms with E-state index in [-0.39, 0.29) is 12.2 Å². The fraction of sp³-hybridized carbons (Fsp3) is 0.400. The van der Waals surface area contributed by atoms with Crippen LogP contribution in [0.25, 0.3) is 11.8 Å². The molecule has 37 heavy (non-hydrogen) atoms. The highest BCUT2D eigenvalue weighted by Crippen LogP contribution is 2.36. The predicted molar refractivity (Wildman–Crippen MR) is 148 cm³/mol. The topological polar surface area (TPSA) is 59.4 Å². The molecule has 1 spiro atoms. The van der Waals surface area contributed by atoms with E-state index in [0.717, 1.165) is 30.8 Å². The van der Waals surface area contributed by atoms with Crippen molar-refractivity contribution in [3.63, 3.8) is 0 Å². The summed E-state index contributed by atoms with van der Waals surface area (Å²) in [5.74, 6) is 0.535. The Morgan fingerprint density at radius 1 is 1.11 bits per heavy atom. The number of piperidine rings is 1. The summed E-state index contributed by atoms with van der Waals surface area (Å²) >= 11 is 5.88. The number of pyridine rings is 2. The Hall–Kier alpha value is -2.93. The van der Waals surface area contributed by atoms with Gasteiger partial charge in [0.15, 0.2) is 0 Å². The second-order valence-corrected chi connectivity index (χ2v) is 11.2. The smallest absolute Gasteiger partial charge is 0.258 e. The summed E-state index contributed by atoms with van der Waals surface area (Å²) in [6.45, 7) is 6.06. The van der Waals surface area contributed by atoms with E-state index in [2.05, 4.69) is 39.5 Å². The van der Waals surface area contributed by atoms with Gasteiger partial charge in [0.05, 0.1) is 10.7 Å². The van der Waals surface area contributed by atoms with Crippen LogP contribution in [-0.4, -0.2) is 40.6 Å². The number of allylic oxidation sites excluding steroid dienone is 1. The summed E-state index contributed by atoms with van der Waals surface area (Å²) in [6.07, 6.45) is 11.3. The van der Waals surface area contributed by atoms with Crippen LogP contribution < -0.4 is 15.6 Å². The molecule has 3 aromatic rings. The lowest BCUT2D eigenvalue weighted by Crippen LogP contribution is -2.44. The Labute approximate surface area is 222 Å². The largest absolute Gasteiger partial charge is 0.487 e. The van der Waals surface area contributed by atoms with Gasteiger partial charge in [0.1, 0.15) is 12.4 Å². The van der Waals surface area contributed by atoms with Crippen molar-refractivity contribution in [1.82, 2.24) is 19.8 Å². The van der Waals surface area contributed by atoms with Crippen LogP contribution in [0.3, 0.4) is 0 Å². The van der Waals surface area contributed by atoms with Crippen molar-refractivity contribution < 1.29 is 4.74 Å². The highest BCUT2D eigenvalue weighted by molar-refractivity contribution is 6.30. The van der Waals surface area contributed by atoms with Crippen LogP contribution in [0.15, 0.2) is 59.7 Å². The van der Waals surface area contributed by atoms with Crippen LogP contribution in [-0.2, 0) is 19.6 Å². The van der Waals surface area contributed by atoms with Crippen molar-refractivity contribution in [2.24, 2.45) is 5.41 Å². The van der Waals surface area contributed by atoms with Gasteiger partial charge in [0.25, 0.3) is 5.56 Å². The van der Waals surface area contributed by atoms with E-state index in [9.17, 15) is 4.79 Å². The highest BCUT2D eigenvalue weighted by atomic mass is 35.5. The van der Waals surface area contributed by atoms with E-state index in [0.29, 0.717) is 16.2 Å². The van der Waals surface area contributed by atoms with E-state index in [4.69, 9.17) is 16.3 Å². The first-order chi connectivity index (χ1) is 18.1. The predicted octanol–water partition coefficient (Wildman–Crippen LogP) is 5.00. The van der Waals surface area contributed by atoms with Gasteiger partial charge in [0.2, 0.25) is 0 Å². The van der Waals surface area contributed by atoms with Gasteiger partial charge < -0.3 is 10.1 Å². The summed E-state index contributed by atoms with van der Waals surface area (Å²) in [7, 11) is 0. The molecule has 7 heteroatoms. The number of aromatic nitrogens is 2. The third kappa shape index (κ3) is 5.52. The number of benzene rings is 1. The minimum atomic E-state index is -0.0895. The minimum absolute atomic E-state index is 0.0895. The molecular weight excluding hydrogens is 484 g/mol. The molecule has 0 bridgehead atoms. The van der Waals surface area contributed by atoms with Crippen LogP contribution in [0.2, 0.25) is 5.02 Å². The summed E-state index contributed by atoms with van der Waals surface area (Å²) in [4.78, 5) is 19.8. The molecule has 4 heterocycles. The molecule has 6 nitrogen and oxygen atoms in total. The number of fused-ring (bicyclic) bond motifs is 1. The normalized spacial score (nSPS) is 21.6. The minimum Gasteiger partial charge on any atom is -0.487 e. The van der Waals surface area contributed by atoms with E-state index in [1.54, 1.807) is 22.9 Å². The van der Waals surface area contributed by atoms with E-state index >= 15 is 0 Å². The average Bonchev–Trinajstić information content (AvgIpc) is 3.35. The summed E-state index contributed by atoms with van der Waals surface area (Å²) < 4.78 is 7.50. The molecule has 0 radical (unpaired) electrons. The van der Waals surface area contributed by atoms with Gasteiger partial charge in [-0.3, -0.25) is 19.2 Å². The van der Waals surface area contributed by atoms with Crippen molar-refractivity contribution in [3.8, 4) is 5.75 Å². The van der Waals surface area contributed by atoms with Crippen molar-refractivity contribution in [2.75, 3.05) is 26.2 Å². The van der Waals surface area contributed by atoms with Crippen LogP contribution in [0.5, 0.6) is 5.75 Å². The van der Waals surface area contributed by atoms with Crippen LogP contribution in [0.4, 0.5) is 0 Å². The number of nitrogens with one attached hydrogen (secondary N) is 1. The van der Waals surface area contributed by atoms with Gasteiger partial charge in [-0.25, -0.2) is 0 Å². The van der Waals surface area contributed by atoms with Crippen molar-refractivity contribution in [3.05, 3.63) is 92.6 Å². The zero-order valence-corrected chi connectivity index (χ0v) is 21.8. The lowest BCUT2D eigenvalue weighted by atomic mass is 9.79. The lowest BCUT2D eigenvalue weighted by molar-refractivity contribution is 0.0978. The molecular formula is C30H33ClN4O2. The summed E-state index contributed by atoms with van der Waals surface area (Å²) in [5, 5.41) is 4.16. The number of ether oxygens (including phenoxy) is 1. The maximum atomic E-state index is 12.9. The van der Waals surface area contributed by atoms with Gasteiger partial charge in [0, 0.05) is 43.8 Å². The first-order valence-electron chi connectivity index (χ1n) is 13.3. The van der Waals surface area contributed by atoms with Crippen molar-refractivity contribution in [1.29, 1.82) is 0 Å². The quantitative estimate of drug-likeness (QED) is 0.500. The number of rotatable bonds is 6. The Morgan fingerprint density at radius 2 is 2.05 bits per heavy atom. The molecule has 2 aromatic heterocycles. The standard InChI is InChI=1S/C30H33ClN4O2/c31-25-5-6-26(33-17-25)19-37-28-8-13-35(29(36)16-28)27-7-4-23-14-22(2-3-24(23)15-27)18-34-12-1-9-30(21-34)10-11-32-20-30/h2-3,5-6,8,13-17,32H,1,4,7,9-12,18-21H2. The number of aryl methyl sites for hydroxylation is 1. The average molecular weight is 517 g/mol. The van der Waals surface area contributed by atoms with Crippen LogP contribution >= 0.6 is 11.6 Å². The molecule has 6 rings (SSSR count). The summed E-state index contributed by atoms with van der Waals surface area (Å²) in [6, 6.07) is 13.8. The van der Waals surface area contributed by atoms with E-state index in [1.165, 1.54) is 62.1 Å². The van der Waals surface area contributed by atoms with E-state index < -0.39 is 0 Å². The Kier molecular flexibility index (Phi) is 6.89. The molecule has 0 saturated carbocycles. The van der Waals surface area contributed by atoms with Gasteiger partial charge in [-0.1, -0.05) is 29.8 Å². The first-order valence-corrected chi connectivity index (χ1v) is 13.6. The molecule has 0 amide bonds. The zero-order valence-electron chi connectivity index (χ0n) is 21.1. The molecule has 1 aliphatic carbocycles. The molecule has 1 N–H and O–H groups in total. The third-order valence-corrected chi connectivity index (χ3v) is 8.26. The fourth-order valence-electron chi connectivity index (χ4n) is 6.10. The number of halogens is 1. The first kappa shape index (κ1) is 24.4. The fourth-order valence-corrected chi connectivity index (χ4v) is 6.22. The number of nitrogens with zero attached hydrogens (tertiary/aromatic N) is 3. The number of hydrogen-bond acceptors (Lipinski definition) is 5. The molecule has 1 atom stereocenters. The van der Waals surface area contributed by atoms with Gasteiger partial charge in [-0.15, -0.1) is 0 Å². The summed E-state index contributed by atoms with van der Waals surface area (Å²) in [5.41, 5.74) is 6.16. The highest BCUT2D eigenvalue weighted by Gasteiger charge is 2.37. The van der Waals surface area contributed by atoms with Crippen LogP contribution in [0, 0.1) is 5.41 Å². The number of hydrogen-bond donors (Lipinski definition) is 1. The maximum Gasteiger partial charge on any atom is 0.258 e. The second-order valence-electron chi connectivity index (χ2n) is 10.7. The molecule has 2 aliphatic heterocycles. The molecule has 1 aromatic carbocycles. The van der Waals surface area contributed by atoms with E-state index in [1.807, 2.05) is 18.3 Å².